The van der Waals surface area contributed by atoms with E-state index in [0.29, 0.717) is 18.9 Å². The molecule has 1 unspecified atom stereocenters. The number of rotatable bonds is 5. The van der Waals surface area contributed by atoms with Crippen molar-refractivity contribution in [2.24, 2.45) is 18.7 Å². The first-order chi connectivity index (χ1) is 11.2. The molecule has 124 valence electrons. The van der Waals surface area contributed by atoms with Crippen LogP contribution in [-0.2, 0) is 18.3 Å². The fourth-order valence-electron chi connectivity index (χ4n) is 3.84. The van der Waals surface area contributed by atoms with Gasteiger partial charge < -0.3 is 15.6 Å². The lowest BCUT2D eigenvalue weighted by molar-refractivity contribution is -0.121. The van der Waals surface area contributed by atoms with Crippen molar-refractivity contribution in [1.29, 1.82) is 0 Å². The van der Waals surface area contributed by atoms with Crippen LogP contribution in [0.5, 0.6) is 0 Å². The summed E-state index contributed by atoms with van der Waals surface area (Å²) in [4.78, 5) is 12.5. The van der Waals surface area contributed by atoms with Crippen molar-refractivity contribution in [2.75, 3.05) is 6.54 Å². The summed E-state index contributed by atoms with van der Waals surface area (Å²) < 4.78 is 2.10. The van der Waals surface area contributed by atoms with Crippen LogP contribution in [-0.4, -0.2) is 23.1 Å². The van der Waals surface area contributed by atoms with Gasteiger partial charge in [0.2, 0.25) is 5.91 Å². The number of nitrogens with zero attached hydrogens (tertiary/aromatic N) is 1. The first-order valence-corrected chi connectivity index (χ1v) is 8.72. The Balaban J connectivity index is 1.66. The molecule has 4 nitrogen and oxygen atoms in total. The monoisotopic (exact) mass is 313 g/mol. The zero-order valence-corrected chi connectivity index (χ0v) is 13.9. The standard InChI is InChI=1S/C19H27N3O/c1-22-16(11-15-9-5-6-10-18(15)22)12-19(23)21-17(13-20)14-7-3-2-4-8-14/h5-6,9-11,14,17H,2-4,7-8,12-13,20H2,1H3,(H,21,23). The first kappa shape index (κ1) is 16.1. The molecule has 1 atom stereocenters. The van der Waals surface area contributed by atoms with Gasteiger partial charge in [0.1, 0.15) is 0 Å². The van der Waals surface area contributed by atoms with Crippen molar-refractivity contribution in [1.82, 2.24) is 9.88 Å². The quantitative estimate of drug-likeness (QED) is 0.891. The van der Waals surface area contributed by atoms with Crippen LogP contribution < -0.4 is 11.1 Å². The van der Waals surface area contributed by atoms with Gasteiger partial charge in [-0.1, -0.05) is 37.5 Å². The molecule has 0 saturated heterocycles. The summed E-state index contributed by atoms with van der Waals surface area (Å²) >= 11 is 0. The third-order valence-corrected chi connectivity index (χ3v) is 5.21. The van der Waals surface area contributed by atoms with Crippen molar-refractivity contribution in [3.05, 3.63) is 36.0 Å². The molecule has 0 bridgehead atoms. The van der Waals surface area contributed by atoms with E-state index in [4.69, 9.17) is 5.73 Å². The van der Waals surface area contributed by atoms with Crippen LogP contribution in [0.3, 0.4) is 0 Å². The summed E-state index contributed by atoms with van der Waals surface area (Å²) in [5.41, 5.74) is 8.13. The fourth-order valence-corrected chi connectivity index (χ4v) is 3.84. The molecule has 1 aliphatic carbocycles. The van der Waals surface area contributed by atoms with E-state index in [-0.39, 0.29) is 11.9 Å². The summed E-state index contributed by atoms with van der Waals surface area (Å²) in [6, 6.07) is 10.5. The Morgan fingerprint density at radius 2 is 2.04 bits per heavy atom. The van der Waals surface area contributed by atoms with Crippen molar-refractivity contribution in [3.63, 3.8) is 0 Å². The van der Waals surface area contributed by atoms with Crippen molar-refractivity contribution in [2.45, 2.75) is 44.6 Å². The summed E-state index contributed by atoms with van der Waals surface area (Å²) in [5, 5.41) is 4.36. The molecule has 3 rings (SSSR count). The molecule has 2 aromatic rings. The van der Waals surface area contributed by atoms with Gasteiger partial charge >= 0.3 is 0 Å². The molecular weight excluding hydrogens is 286 g/mol. The number of para-hydroxylation sites is 1. The minimum absolute atomic E-state index is 0.0805. The number of nitrogens with one attached hydrogen (secondary N) is 1. The van der Waals surface area contributed by atoms with Gasteiger partial charge in [-0.15, -0.1) is 0 Å². The Labute approximate surface area is 138 Å². The molecule has 0 aliphatic heterocycles. The minimum Gasteiger partial charge on any atom is -0.351 e. The summed E-state index contributed by atoms with van der Waals surface area (Å²) in [5.74, 6) is 0.627. The maximum Gasteiger partial charge on any atom is 0.226 e. The Morgan fingerprint density at radius 3 is 2.74 bits per heavy atom. The van der Waals surface area contributed by atoms with Gasteiger partial charge in [-0.25, -0.2) is 0 Å². The highest BCUT2D eigenvalue weighted by atomic mass is 16.1. The average molecular weight is 313 g/mol. The van der Waals surface area contributed by atoms with Gasteiger partial charge in [-0.2, -0.15) is 0 Å². The maximum atomic E-state index is 12.5. The molecule has 1 aliphatic rings. The van der Waals surface area contributed by atoms with Crippen molar-refractivity contribution < 1.29 is 4.79 Å². The zero-order valence-electron chi connectivity index (χ0n) is 13.9. The van der Waals surface area contributed by atoms with Crippen LogP contribution in [0.1, 0.15) is 37.8 Å². The number of benzene rings is 1. The lowest BCUT2D eigenvalue weighted by atomic mass is 9.84. The molecular formula is C19H27N3O. The van der Waals surface area contributed by atoms with Gasteiger partial charge in [0.15, 0.2) is 0 Å². The number of nitrogens with two attached hydrogens (primary N) is 1. The van der Waals surface area contributed by atoms with Gasteiger partial charge in [0.25, 0.3) is 0 Å². The molecule has 0 spiro atoms. The average Bonchev–Trinajstić information content (AvgIpc) is 2.90. The number of carbonyl (C=O) groups excluding carboxylic acids is 1. The molecule has 1 amide bonds. The van der Waals surface area contributed by atoms with E-state index in [2.05, 4.69) is 28.1 Å². The van der Waals surface area contributed by atoms with E-state index in [1.807, 2.05) is 19.2 Å². The van der Waals surface area contributed by atoms with Gasteiger partial charge in [0, 0.05) is 30.8 Å². The third-order valence-electron chi connectivity index (χ3n) is 5.21. The van der Waals surface area contributed by atoms with Gasteiger partial charge in [0.05, 0.1) is 6.42 Å². The van der Waals surface area contributed by atoms with E-state index < -0.39 is 0 Å². The van der Waals surface area contributed by atoms with Crippen LogP contribution in [0.25, 0.3) is 10.9 Å². The molecule has 4 heteroatoms. The predicted octanol–water partition coefficient (Wildman–Crippen LogP) is 2.74. The van der Waals surface area contributed by atoms with E-state index in [0.717, 1.165) is 11.2 Å². The second-order valence-electron chi connectivity index (χ2n) is 6.74. The third kappa shape index (κ3) is 3.58. The summed E-state index contributed by atoms with van der Waals surface area (Å²) in [7, 11) is 2.02. The Kier molecular flexibility index (Phi) is 5.01. The Morgan fingerprint density at radius 1 is 1.30 bits per heavy atom. The number of fused-ring (bicyclic) bond motifs is 1. The second kappa shape index (κ2) is 7.18. The number of hydrogen-bond donors (Lipinski definition) is 2. The van der Waals surface area contributed by atoms with Crippen LogP contribution >= 0.6 is 0 Å². The Hall–Kier alpha value is -1.81. The lowest BCUT2D eigenvalue weighted by Crippen LogP contribution is -2.46. The van der Waals surface area contributed by atoms with Crippen LogP contribution in [0.4, 0.5) is 0 Å². The normalized spacial score (nSPS) is 17.3. The van der Waals surface area contributed by atoms with Crippen molar-refractivity contribution in [3.8, 4) is 0 Å². The predicted molar refractivity (Wildman–Crippen MR) is 94.2 cm³/mol. The molecule has 1 aromatic heterocycles. The number of hydrogen-bond acceptors (Lipinski definition) is 2. The molecule has 3 N–H and O–H groups in total. The number of carbonyl (C=O) groups is 1. The van der Waals surface area contributed by atoms with Gasteiger partial charge in [-0.3, -0.25) is 4.79 Å². The number of amides is 1. The molecule has 1 heterocycles. The first-order valence-electron chi connectivity index (χ1n) is 8.72. The maximum absolute atomic E-state index is 12.5. The summed E-state index contributed by atoms with van der Waals surface area (Å²) in [6.45, 7) is 0.533. The zero-order chi connectivity index (χ0) is 16.2. The number of aryl methyl sites for hydroxylation is 1. The second-order valence-corrected chi connectivity index (χ2v) is 6.74. The highest BCUT2D eigenvalue weighted by molar-refractivity contribution is 5.84. The highest BCUT2D eigenvalue weighted by Gasteiger charge is 2.24. The fraction of sp³-hybridized carbons (Fsp3) is 0.526. The molecule has 1 fully saturated rings. The highest BCUT2D eigenvalue weighted by Crippen LogP contribution is 2.26. The molecule has 0 radical (unpaired) electrons. The number of aromatic nitrogens is 1. The molecule has 1 aromatic carbocycles. The van der Waals surface area contributed by atoms with Crippen LogP contribution in [0.15, 0.2) is 30.3 Å². The molecule has 23 heavy (non-hydrogen) atoms. The van der Waals surface area contributed by atoms with Gasteiger partial charge in [-0.05, 0) is 36.3 Å². The van der Waals surface area contributed by atoms with E-state index in [1.54, 1.807) is 0 Å². The van der Waals surface area contributed by atoms with E-state index in [1.165, 1.54) is 37.5 Å². The Bertz CT molecular complexity index is 670. The smallest absolute Gasteiger partial charge is 0.226 e. The van der Waals surface area contributed by atoms with E-state index >= 15 is 0 Å². The SMILES string of the molecule is Cn1c(CC(=O)NC(CN)C2CCCCC2)cc2ccccc21. The largest absolute Gasteiger partial charge is 0.351 e. The van der Waals surface area contributed by atoms with Crippen LogP contribution in [0.2, 0.25) is 0 Å². The molecule has 1 saturated carbocycles. The van der Waals surface area contributed by atoms with Crippen molar-refractivity contribution >= 4 is 16.8 Å². The lowest BCUT2D eigenvalue weighted by Gasteiger charge is -2.30. The topological polar surface area (TPSA) is 60.0 Å². The van der Waals surface area contributed by atoms with E-state index in [9.17, 15) is 4.79 Å². The minimum atomic E-state index is 0.0805. The summed E-state index contributed by atoms with van der Waals surface area (Å²) in [6.07, 6.45) is 6.64. The van der Waals surface area contributed by atoms with Crippen LogP contribution in [0, 0.1) is 5.92 Å².